The summed E-state index contributed by atoms with van der Waals surface area (Å²) in [6, 6.07) is 7.09. The first-order chi connectivity index (χ1) is 11.3. The maximum absolute atomic E-state index is 12.4. The van der Waals surface area contributed by atoms with Gasteiger partial charge in [-0.1, -0.05) is 26.0 Å². The smallest absolute Gasteiger partial charge is 0.240 e. The van der Waals surface area contributed by atoms with E-state index >= 15 is 0 Å². The van der Waals surface area contributed by atoms with Gasteiger partial charge < -0.3 is 0 Å². The molecule has 0 unspecified atom stereocenters. The molecule has 1 aromatic carbocycles. The zero-order chi connectivity index (χ0) is 17.9. The lowest BCUT2D eigenvalue weighted by molar-refractivity contribution is 0.581. The Bertz CT molecular complexity index is 790. The molecule has 2 rings (SSSR count). The van der Waals surface area contributed by atoms with Crippen LogP contribution in [0, 0.1) is 13.8 Å². The lowest BCUT2D eigenvalue weighted by atomic mass is 10.0. The van der Waals surface area contributed by atoms with E-state index in [0.29, 0.717) is 23.8 Å². The molecule has 0 bridgehead atoms. The number of hydrogen-bond acceptors (Lipinski definition) is 3. The van der Waals surface area contributed by atoms with Gasteiger partial charge in [0, 0.05) is 18.8 Å². The van der Waals surface area contributed by atoms with E-state index in [4.69, 9.17) is 0 Å². The Morgan fingerprint density at radius 1 is 1.17 bits per heavy atom. The largest absolute Gasteiger partial charge is 0.270 e. The molecular formula is C18H27N3O2S. The summed E-state index contributed by atoms with van der Waals surface area (Å²) in [5.41, 5.74) is 4.33. The van der Waals surface area contributed by atoms with Crippen LogP contribution in [0.2, 0.25) is 0 Å². The lowest BCUT2D eigenvalue weighted by Gasteiger charge is -2.09. The molecule has 0 fully saturated rings. The number of sulfonamides is 1. The molecule has 0 aliphatic heterocycles. The van der Waals surface area contributed by atoms with Crippen LogP contribution >= 0.6 is 0 Å². The lowest BCUT2D eigenvalue weighted by Crippen LogP contribution is -2.26. The van der Waals surface area contributed by atoms with Gasteiger partial charge >= 0.3 is 0 Å². The van der Waals surface area contributed by atoms with Gasteiger partial charge in [0.05, 0.1) is 10.6 Å². The Labute approximate surface area is 145 Å². The highest BCUT2D eigenvalue weighted by atomic mass is 32.2. The molecule has 0 amide bonds. The Hall–Kier alpha value is -1.66. The van der Waals surface area contributed by atoms with Gasteiger partial charge in [-0.15, -0.1) is 0 Å². The average Bonchev–Trinajstić information content (AvgIpc) is 2.82. The SMILES string of the molecule is CCn1nc(C)c(CCNS(=O)(=O)c2ccc(C(C)C)cc2)c1C. The molecule has 132 valence electrons. The molecule has 0 saturated carbocycles. The first kappa shape index (κ1) is 18.7. The second-order valence-electron chi connectivity index (χ2n) is 6.34. The van der Waals surface area contributed by atoms with Gasteiger partial charge in [0.25, 0.3) is 0 Å². The third-order valence-electron chi connectivity index (χ3n) is 4.36. The predicted octanol–water partition coefficient (Wildman–Crippen LogP) is 3.16. The molecule has 1 N–H and O–H groups in total. The van der Waals surface area contributed by atoms with Crippen molar-refractivity contribution in [3.05, 3.63) is 46.8 Å². The van der Waals surface area contributed by atoms with E-state index < -0.39 is 10.0 Å². The Morgan fingerprint density at radius 2 is 1.79 bits per heavy atom. The molecule has 0 atom stereocenters. The topological polar surface area (TPSA) is 64.0 Å². The summed E-state index contributed by atoms with van der Waals surface area (Å²) in [5, 5.41) is 4.47. The molecule has 0 aliphatic carbocycles. The molecule has 24 heavy (non-hydrogen) atoms. The van der Waals surface area contributed by atoms with Crippen LogP contribution in [0.15, 0.2) is 29.2 Å². The minimum atomic E-state index is -3.47. The average molecular weight is 350 g/mol. The zero-order valence-corrected chi connectivity index (χ0v) is 15.9. The Balaban J connectivity index is 2.04. The van der Waals surface area contributed by atoms with Crippen LogP contribution in [0.3, 0.4) is 0 Å². The fourth-order valence-electron chi connectivity index (χ4n) is 2.83. The summed E-state index contributed by atoms with van der Waals surface area (Å²) in [6.45, 7) is 11.4. The molecule has 0 spiro atoms. The summed E-state index contributed by atoms with van der Waals surface area (Å²) in [6.07, 6.45) is 0.640. The van der Waals surface area contributed by atoms with Gasteiger partial charge in [-0.3, -0.25) is 4.68 Å². The molecule has 0 saturated heterocycles. The van der Waals surface area contributed by atoms with Crippen LogP contribution in [-0.4, -0.2) is 24.7 Å². The summed E-state index contributed by atoms with van der Waals surface area (Å²) in [4.78, 5) is 0.310. The van der Waals surface area contributed by atoms with Crippen molar-refractivity contribution in [1.29, 1.82) is 0 Å². The quantitative estimate of drug-likeness (QED) is 0.835. The van der Waals surface area contributed by atoms with Gasteiger partial charge in [0.15, 0.2) is 0 Å². The van der Waals surface area contributed by atoms with E-state index in [1.807, 2.05) is 37.6 Å². The molecule has 6 heteroatoms. The fourth-order valence-corrected chi connectivity index (χ4v) is 3.86. The maximum Gasteiger partial charge on any atom is 0.240 e. The van der Waals surface area contributed by atoms with Crippen LogP contribution in [-0.2, 0) is 23.0 Å². The summed E-state index contributed by atoms with van der Waals surface area (Å²) in [7, 11) is -3.47. The van der Waals surface area contributed by atoms with Crippen molar-refractivity contribution in [2.75, 3.05) is 6.54 Å². The minimum absolute atomic E-state index is 0.310. The Kier molecular flexibility index (Phi) is 5.83. The number of benzene rings is 1. The standard InChI is InChI=1S/C18H27N3O2S/c1-6-21-15(5)18(14(4)20-21)11-12-19-24(22,23)17-9-7-16(8-10-17)13(2)3/h7-10,13,19H,6,11-12H2,1-5H3. The van der Waals surface area contributed by atoms with Crippen LogP contribution < -0.4 is 4.72 Å². The molecule has 5 nitrogen and oxygen atoms in total. The van der Waals surface area contributed by atoms with Crippen molar-refractivity contribution in [2.45, 2.75) is 58.4 Å². The number of aromatic nitrogens is 2. The Morgan fingerprint density at radius 3 is 2.29 bits per heavy atom. The molecule has 0 radical (unpaired) electrons. The van der Waals surface area contributed by atoms with Gasteiger partial charge in [-0.2, -0.15) is 5.10 Å². The van der Waals surface area contributed by atoms with Crippen molar-refractivity contribution < 1.29 is 8.42 Å². The van der Waals surface area contributed by atoms with Crippen LogP contribution in [0.25, 0.3) is 0 Å². The van der Waals surface area contributed by atoms with E-state index in [1.165, 1.54) is 0 Å². The van der Waals surface area contributed by atoms with Crippen molar-refractivity contribution in [2.24, 2.45) is 0 Å². The number of rotatable bonds is 7. The second kappa shape index (κ2) is 7.49. The summed E-state index contributed by atoms with van der Waals surface area (Å²) in [5.74, 6) is 0.385. The maximum atomic E-state index is 12.4. The van der Waals surface area contributed by atoms with Gasteiger partial charge in [0.2, 0.25) is 10.0 Å². The van der Waals surface area contributed by atoms with Crippen LogP contribution in [0.1, 0.15) is 49.2 Å². The van der Waals surface area contributed by atoms with E-state index in [-0.39, 0.29) is 0 Å². The zero-order valence-electron chi connectivity index (χ0n) is 15.1. The van der Waals surface area contributed by atoms with Crippen molar-refractivity contribution in [1.82, 2.24) is 14.5 Å². The fraction of sp³-hybridized carbons (Fsp3) is 0.500. The highest BCUT2D eigenvalue weighted by Crippen LogP contribution is 2.18. The van der Waals surface area contributed by atoms with Gasteiger partial charge in [-0.05, 0) is 56.4 Å². The molecule has 1 aromatic heterocycles. The van der Waals surface area contributed by atoms with E-state index in [0.717, 1.165) is 29.1 Å². The minimum Gasteiger partial charge on any atom is -0.270 e. The normalized spacial score (nSPS) is 12.1. The van der Waals surface area contributed by atoms with Crippen molar-refractivity contribution >= 4 is 10.0 Å². The third-order valence-corrected chi connectivity index (χ3v) is 5.83. The van der Waals surface area contributed by atoms with Gasteiger partial charge in [-0.25, -0.2) is 13.1 Å². The molecule has 2 aromatic rings. The highest BCUT2D eigenvalue weighted by molar-refractivity contribution is 7.89. The monoisotopic (exact) mass is 349 g/mol. The third kappa shape index (κ3) is 4.05. The first-order valence-electron chi connectivity index (χ1n) is 8.38. The number of nitrogens with zero attached hydrogens (tertiary/aromatic N) is 2. The summed E-state index contributed by atoms with van der Waals surface area (Å²) >= 11 is 0. The second-order valence-corrected chi connectivity index (χ2v) is 8.10. The van der Waals surface area contributed by atoms with E-state index in [9.17, 15) is 8.42 Å². The van der Waals surface area contributed by atoms with Crippen LogP contribution in [0.5, 0.6) is 0 Å². The number of aryl methyl sites for hydroxylation is 2. The molecule has 1 heterocycles. The van der Waals surface area contributed by atoms with Crippen molar-refractivity contribution in [3.63, 3.8) is 0 Å². The molecular weight excluding hydrogens is 322 g/mol. The van der Waals surface area contributed by atoms with Crippen LogP contribution in [0.4, 0.5) is 0 Å². The van der Waals surface area contributed by atoms with Gasteiger partial charge in [0.1, 0.15) is 0 Å². The van der Waals surface area contributed by atoms with Crippen molar-refractivity contribution in [3.8, 4) is 0 Å². The highest BCUT2D eigenvalue weighted by Gasteiger charge is 2.15. The molecule has 0 aliphatic rings. The predicted molar refractivity (Wildman–Crippen MR) is 96.8 cm³/mol. The van der Waals surface area contributed by atoms with E-state index in [1.54, 1.807) is 12.1 Å². The first-order valence-corrected chi connectivity index (χ1v) is 9.87. The van der Waals surface area contributed by atoms with E-state index in [2.05, 4.69) is 23.7 Å². The number of hydrogen-bond donors (Lipinski definition) is 1. The summed E-state index contributed by atoms with van der Waals surface area (Å²) < 4.78 is 29.4. The number of nitrogens with one attached hydrogen (secondary N) is 1.